The molecule has 0 N–H and O–H groups in total. The first-order chi connectivity index (χ1) is 12.4. The van der Waals surface area contributed by atoms with Crippen molar-refractivity contribution in [3.05, 3.63) is 0 Å². The van der Waals surface area contributed by atoms with Crippen molar-refractivity contribution in [1.82, 2.24) is 0 Å². The maximum atomic E-state index is 11.6. The average Bonchev–Trinajstić information content (AvgIpc) is 2.66. The number of hydrogen-bond donors (Lipinski definition) is 0. The zero-order valence-corrected chi connectivity index (χ0v) is 18.0. The normalized spacial score (nSPS) is 28.5. The number of rotatable bonds is 12. The van der Waals surface area contributed by atoms with Gasteiger partial charge in [-0.3, -0.25) is 4.79 Å². The lowest BCUT2D eigenvalue weighted by molar-refractivity contribution is -0.424. The molecule has 0 bridgehead atoms. The topological polar surface area (TPSA) is 44.8 Å². The van der Waals surface area contributed by atoms with E-state index >= 15 is 0 Å². The number of esters is 1. The van der Waals surface area contributed by atoms with Crippen LogP contribution in [0.15, 0.2) is 0 Å². The van der Waals surface area contributed by atoms with Crippen molar-refractivity contribution in [3.8, 4) is 0 Å². The fourth-order valence-corrected chi connectivity index (χ4v) is 4.37. The van der Waals surface area contributed by atoms with E-state index in [4.69, 9.17) is 14.5 Å². The highest BCUT2D eigenvalue weighted by Crippen LogP contribution is 2.42. The molecule has 1 saturated heterocycles. The summed E-state index contributed by atoms with van der Waals surface area (Å²) >= 11 is 0. The van der Waals surface area contributed by atoms with Gasteiger partial charge in [0.15, 0.2) is 0 Å². The van der Waals surface area contributed by atoms with Gasteiger partial charge in [0.05, 0.1) is 13.5 Å². The Hall–Kier alpha value is -0.610. The molecule has 4 nitrogen and oxygen atoms in total. The van der Waals surface area contributed by atoms with E-state index in [1.165, 1.54) is 39.2 Å². The molecule has 26 heavy (non-hydrogen) atoms. The SMILES string of the molecule is CCCC[C@H](C)C[C@H](CC)C[C@@]1(CC)C[C@H](CC)[C@H](CC(=O)OC)OO1. The number of methoxy groups -OCH3 is 1. The molecule has 0 aromatic heterocycles. The summed E-state index contributed by atoms with van der Waals surface area (Å²) in [5.41, 5.74) is -0.210. The number of carbonyl (C=O) groups excluding carboxylic acids is 1. The molecule has 0 aliphatic carbocycles. The van der Waals surface area contributed by atoms with Crippen LogP contribution in [0.2, 0.25) is 0 Å². The van der Waals surface area contributed by atoms with Gasteiger partial charge >= 0.3 is 5.97 Å². The number of hydrogen-bond acceptors (Lipinski definition) is 4. The first-order valence-corrected chi connectivity index (χ1v) is 10.8. The highest BCUT2D eigenvalue weighted by Gasteiger charge is 2.43. The molecule has 0 saturated carbocycles. The fraction of sp³-hybridized carbons (Fsp3) is 0.955. The highest BCUT2D eigenvalue weighted by atomic mass is 17.2. The van der Waals surface area contributed by atoms with Crippen LogP contribution in [0, 0.1) is 17.8 Å². The molecule has 1 fully saturated rings. The molecule has 0 unspecified atom stereocenters. The summed E-state index contributed by atoms with van der Waals surface area (Å²) in [6.07, 6.45) is 10.4. The lowest BCUT2D eigenvalue weighted by Gasteiger charge is -2.44. The van der Waals surface area contributed by atoms with E-state index in [0.717, 1.165) is 31.6 Å². The smallest absolute Gasteiger partial charge is 0.308 e. The molecular formula is C22H42O4. The molecule has 4 heteroatoms. The quantitative estimate of drug-likeness (QED) is 0.308. The Morgan fingerprint density at radius 3 is 2.54 bits per heavy atom. The molecule has 0 amide bonds. The van der Waals surface area contributed by atoms with E-state index < -0.39 is 0 Å². The largest absolute Gasteiger partial charge is 0.469 e. The van der Waals surface area contributed by atoms with Gasteiger partial charge in [0, 0.05) is 0 Å². The molecule has 1 aliphatic rings. The van der Waals surface area contributed by atoms with Gasteiger partial charge in [-0.25, -0.2) is 9.78 Å². The van der Waals surface area contributed by atoms with Crippen molar-refractivity contribution in [2.45, 2.75) is 111 Å². The van der Waals surface area contributed by atoms with Crippen LogP contribution in [-0.4, -0.2) is 24.8 Å². The monoisotopic (exact) mass is 370 g/mol. The minimum absolute atomic E-state index is 0.185. The second-order valence-corrected chi connectivity index (χ2v) is 8.37. The number of unbranched alkanes of at least 4 members (excludes halogenated alkanes) is 1. The third-order valence-electron chi connectivity index (χ3n) is 6.30. The molecule has 5 atom stereocenters. The van der Waals surface area contributed by atoms with Crippen molar-refractivity contribution in [1.29, 1.82) is 0 Å². The zero-order chi connectivity index (χ0) is 19.6. The van der Waals surface area contributed by atoms with E-state index in [0.29, 0.717) is 11.8 Å². The first kappa shape index (κ1) is 23.4. The second-order valence-electron chi connectivity index (χ2n) is 8.37. The van der Waals surface area contributed by atoms with Crippen LogP contribution in [-0.2, 0) is 19.3 Å². The van der Waals surface area contributed by atoms with Gasteiger partial charge in [0.25, 0.3) is 0 Å². The molecule has 1 heterocycles. The van der Waals surface area contributed by atoms with Gasteiger partial charge in [-0.2, -0.15) is 0 Å². The van der Waals surface area contributed by atoms with Crippen molar-refractivity contribution in [2.75, 3.05) is 7.11 Å². The van der Waals surface area contributed by atoms with Crippen molar-refractivity contribution in [3.63, 3.8) is 0 Å². The van der Waals surface area contributed by atoms with Gasteiger partial charge < -0.3 is 4.74 Å². The summed E-state index contributed by atoms with van der Waals surface area (Å²) in [7, 11) is 1.43. The van der Waals surface area contributed by atoms with Crippen LogP contribution in [0.1, 0.15) is 98.8 Å². The highest BCUT2D eigenvalue weighted by molar-refractivity contribution is 5.69. The van der Waals surface area contributed by atoms with Crippen LogP contribution >= 0.6 is 0 Å². The molecule has 1 aliphatic heterocycles. The maximum absolute atomic E-state index is 11.6. The first-order valence-electron chi connectivity index (χ1n) is 10.8. The lowest BCUT2D eigenvalue weighted by atomic mass is 9.75. The molecular weight excluding hydrogens is 328 g/mol. The van der Waals surface area contributed by atoms with Gasteiger partial charge in [-0.05, 0) is 43.4 Å². The molecule has 0 radical (unpaired) electrons. The van der Waals surface area contributed by atoms with E-state index in [9.17, 15) is 4.79 Å². The third kappa shape index (κ3) is 7.19. The molecule has 0 aromatic rings. The molecule has 154 valence electrons. The van der Waals surface area contributed by atoms with Crippen LogP contribution in [0.25, 0.3) is 0 Å². The van der Waals surface area contributed by atoms with Gasteiger partial charge in [-0.1, -0.05) is 66.7 Å². The van der Waals surface area contributed by atoms with E-state index in [1.54, 1.807) is 0 Å². The number of carbonyl (C=O) groups is 1. The van der Waals surface area contributed by atoms with Crippen LogP contribution in [0.4, 0.5) is 0 Å². The second kappa shape index (κ2) is 12.0. The molecule has 0 aromatic carbocycles. The van der Waals surface area contributed by atoms with Crippen LogP contribution < -0.4 is 0 Å². The summed E-state index contributed by atoms with van der Waals surface area (Å²) in [4.78, 5) is 23.4. The summed E-state index contributed by atoms with van der Waals surface area (Å²) in [6.45, 7) is 11.3. The Labute approximate surface area is 161 Å². The Balaban J connectivity index is 2.70. The Bertz CT molecular complexity index is 398. The van der Waals surface area contributed by atoms with Gasteiger partial charge in [0.1, 0.15) is 11.7 Å². The lowest BCUT2D eigenvalue weighted by Crippen LogP contribution is -2.46. The number of ether oxygens (including phenoxy) is 1. The molecule has 1 rings (SSSR count). The van der Waals surface area contributed by atoms with Gasteiger partial charge in [0.2, 0.25) is 0 Å². The zero-order valence-electron chi connectivity index (χ0n) is 18.0. The van der Waals surface area contributed by atoms with Crippen LogP contribution in [0.5, 0.6) is 0 Å². The Kier molecular flexibility index (Phi) is 10.8. The van der Waals surface area contributed by atoms with E-state index in [-0.39, 0.29) is 24.1 Å². The summed E-state index contributed by atoms with van der Waals surface area (Å²) in [5, 5.41) is 0. The van der Waals surface area contributed by atoms with Crippen molar-refractivity contribution >= 4 is 5.97 Å². The maximum Gasteiger partial charge on any atom is 0.308 e. The predicted molar refractivity (Wildman–Crippen MR) is 106 cm³/mol. The minimum Gasteiger partial charge on any atom is -0.469 e. The van der Waals surface area contributed by atoms with E-state index in [1.807, 2.05) is 0 Å². The summed E-state index contributed by atoms with van der Waals surface area (Å²) in [6, 6.07) is 0. The average molecular weight is 371 g/mol. The fourth-order valence-electron chi connectivity index (χ4n) is 4.37. The summed E-state index contributed by atoms with van der Waals surface area (Å²) in [5.74, 6) is 1.56. The summed E-state index contributed by atoms with van der Waals surface area (Å²) < 4.78 is 4.81. The van der Waals surface area contributed by atoms with E-state index in [2.05, 4.69) is 34.6 Å². The minimum atomic E-state index is -0.225. The van der Waals surface area contributed by atoms with Gasteiger partial charge in [-0.15, -0.1) is 0 Å². The molecule has 0 spiro atoms. The standard InChI is InChI=1S/C22H42O4/c1-7-11-12-17(5)13-18(8-2)15-22(10-4)16-19(9-3)20(25-26-22)14-21(23)24-6/h17-20H,7-16H2,1-6H3/t17-,18-,19-,20-,22-/m0/s1. The third-order valence-corrected chi connectivity index (χ3v) is 6.30. The predicted octanol–water partition coefficient (Wildman–Crippen LogP) is 6.08. The van der Waals surface area contributed by atoms with Crippen molar-refractivity contribution < 1.29 is 19.3 Å². The Morgan fingerprint density at radius 1 is 1.27 bits per heavy atom. The Morgan fingerprint density at radius 2 is 2.00 bits per heavy atom. The van der Waals surface area contributed by atoms with Crippen molar-refractivity contribution in [2.24, 2.45) is 17.8 Å². The van der Waals surface area contributed by atoms with Crippen LogP contribution in [0.3, 0.4) is 0 Å².